The second-order valence-electron chi connectivity index (χ2n) is 15.7. The van der Waals surface area contributed by atoms with Crippen molar-refractivity contribution in [2.24, 2.45) is 0 Å². The maximum absolute atomic E-state index is 13.0. The highest BCUT2D eigenvalue weighted by Crippen LogP contribution is 2.39. The Morgan fingerprint density at radius 2 is 0.828 bits per heavy atom. The normalized spacial score (nSPS) is 12.0. The number of aromatic nitrogens is 5. The average Bonchev–Trinajstić information content (AvgIpc) is 4.21. The first kappa shape index (κ1) is 37.3. The zero-order chi connectivity index (χ0) is 42.6. The van der Waals surface area contributed by atoms with Crippen molar-refractivity contribution in [2.75, 3.05) is 0 Å². The molecule has 0 saturated carbocycles. The molecule has 5 aromatic heterocycles. The summed E-state index contributed by atoms with van der Waals surface area (Å²) >= 11 is 1.50. The lowest BCUT2D eigenvalue weighted by atomic mass is 10.0. The van der Waals surface area contributed by atoms with Crippen molar-refractivity contribution in [3.63, 3.8) is 0 Å². The van der Waals surface area contributed by atoms with E-state index in [-0.39, 0.29) is 0 Å². The summed E-state index contributed by atoms with van der Waals surface area (Å²) in [4.78, 5) is 36.4. The smallest absolute Gasteiger partial charge is 0.345 e. The van der Waals surface area contributed by atoms with Crippen molar-refractivity contribution < 1.29 is 4.42 Å². The van der Waals surface area contributed by atoms with Crippen LogP contribution in [0.2, 0.25) is 0 Å². The highest BCUT2D eigenvalue weighted by Gasteiger charge is 2.20. The first-order valence-electron chi connectivity index (χ1n) is 21.0. The van der Waals surface area contributed by atoms with Gasteiger partial charge >= 0.3 is 5.63 Å². The van der Waals surface area contributed by atoms with Crippen LogP contribution in [0.4, 0.5) is 0 Å². The van der Waals surface area contributed by atoms with E-state index in [1.165, 1.54) is 11.3 Å². The highest BCUT2D eigenvalue weighted by atomic mass is 32.1. The van der Waals surface area contributed by atoms with Gasteiger partial charge in [0, 0.05) is 60.7 Å². The molecule has 0 spiro atoms. The molecule has 0 amide bonds. The molecule has 302 valence electrons. The Hall–Kier alpha value is -8.46. The van der Waals surface area contributed by atoms with E-state index in [9.17, 15) is 4.79 Å². The average molecular weight is 842 g/mol. The van der Waals surface area contributed by atoms with Gasteiger partial charge in [0.1, 0.15) is 10.6 Å². The van der Waals surface area contributed by atoms with Crippen molar-refractivity contribution >= 4 is 68.7 Å². The van der Waals surface area contributed by atoms with Gasteiger partial charge in [0.25, 0.3) is 0 Å². The van der Waals surface area contributed by atoms with Crippen LogP contribution in [0.5, 0.6) is 0 Å². The number of hydrogen-bond donors (Lipinski definition) is 2. The van der Waals surface area contributed by atoms with Gasteiger partial charge < -0.3 is 14.4 Å². The molecular formula is C56H35N5O2S. The standard InChI is InChI=1S/C56H35N5O2S/c62-56-40(32-39-18-10-11-19-50(39)63-56)49-33-64-55(61-49)38-22-20-37(21-23-38)54-47-30-28-45(59-47)52(35-14-6-2-7-15-35)43-26-24-41(57-43)51(34-12-4-1-5-13-34)42-25-27-44(58-42)53(36-16-8-3-9-17-36)46-29-31-48(54)60-46/h1-33,57,60H. The fourth-order valence-electron chi connectivity index (χ4n) is 8.78. The second-order valence-corrected chi connectivity index (χ2v) is 16.6. The van der Waals surface area contributed by atoms with Crippen LogP contribution in [0.15, 0.2) is 184 Å². The summed E-state index contributed by atoms with van der Waals surface area (Å²) < 4.78 is 5.63. The molecule has 5 aromatic carbocycles. The van der Waals surface area contributed by atoms with Gasteiger partial charge in [-0.1, -0.05) is 133 Å². The Bertz CT molecular complexity index is 3690. The Morgan fingerprint density at radius 3 is 1.30 bits per heavy atom. The number of H-pyrrole nitrogens is 2. The van der Waals surface area contributed by atoms with E-state index in [2.05, 4.69) is 156 Å². The molecule has 2 N–H and O–H groups in total. The molecule has 0 radical (unpaired) electrons. The molecule has 0 atom stereocenters. The number of para-hydroxylation sites is 1. The van der Waals surface area contributed by atoms with Crippen LogP contribution in [-0.4, -0.2) is 24.9 Å². The topological polar surface area (TPSA) is 100 Å². The Kier molecular flexibility index (Phi) is 9.02. The molecule has 12 rings (SSSR count). The van der Waals surface area contributed by atoms with E-state index in [4.69, 9.17) is 19.4 Å². The summed E-state index contributed by atoms with van der Waals surface area (Å²) in [5.74, 6) is 0. The number of benzene rings is 5. The van der Waals surface area contributed by atoms with Crippen molar-refractivity contribution in [3.05, 3.63) is 208 Å². The Balaban J connectivity index is 1.09. The molecule has 64 heavy (non-hydrogen) atoms. The zero-order valence-corrected chi connectivity index (χ0v) is 34.9. The van der Waals surface area contributed by atoms with Gasteiger partial charge in [-0.2, -0.15) is 0 Å². The summed E-state index contributed by atoms with van der Waals surface area (Å²) in [6.07, 6.45) is 8.47. The lowest BCUT2D eigenvalue weighted by molar-refractivity contribution is 0.563. The summed E-state index contributed by atoms with van der Waals surface area (Å²) in [6, 6.07) is 57.7. The van der Waals surface area contributed by atoms with Crippen molar-refractivity contribution in [3.8, 4) is 66.3 Å². The monoisotopic (exact) mass is 841 g/mol. The van der Waals surface area contributed by atoms with Crippen LogP contribution < -0.4 is 5.63 Å². The highest BCUT2D eigenvalue weighted by molar-refractivity contribution is 7.13. The fraction of sp³-hybridized carbons (Fsp3) is 0. The molecule has 0 unspecified atom stereocenters. The number of nitrogens with one attached hydrogen (secondary N) is 2. The van der Waals surface area contributed by atoms with Gasteiger partial charge in [-0.3, -0.25) is 0 Å². The number of fused-ring (bicyclic) bond motifs is 9. The van der Waals surface area contributed by atoms with Crippen LogP contribution in [0.1, 0.15) is 22.8 Å². The Morgan fingerprint density at radius 1 is 0.422 bits per heavy atom. The lowest BCUT2D eigenvalue weighted by Gasteiger charge is -2.07. The number of rotatable bonds is 6. The number of thiazole rings is 1. The quantitative estimate of drug-likeness (QED) is 0.162. The molecule has 7 heterocycles. The van der Waals surface area contributed by atoms with E-state index < -0.39 is 5.63 Å². The third kappa shape index (κ3) is 6.61. The number of aromatic amines is 2. The predicted octanol–water partition coefficient (Wildman–Crippen LogP) is 14.2. The summed E-state index contributed by atoms with van der Waals surface area (Å²) in [6.45, 7) is 0. The molecule has 8 bridgehead atoms. The molecule has 0 aliphatic carbocycles. The molecule has 7 nitrogen and oxygen atoms in total. The predicted molar refractivity (Wildman–Crippen MR) is 263 cm³/mol. The SMILES string of the molecule is O=c1oc2ccccc2cc1-c1csc(-c2ccc(-c3c4nc(c(-c5ccccc5)c5ccc([nH]5)c(-c5ccccc5)c5nc(c(-c6ccccc6)c6ccc3[nH]6)C=C5)C=C4)cc2)n1. The van der Waals surface area contributed by atoms with Gasteiger partial charge in [-0.05, 0) is 83.0 Å². The van der Waals surface area contributed by atoms with E-state index in [0.29, 0.717) is 16.8 Å². The Labute approximate surface area is 371 Å². The fourth-order valence-corrected chi connectivity index (χ4v) is 9.61. The molecular weight excluding hydrogens is 807 g/mol. The molecule has 2 aliphatic heterocycles. The van der Waals surface area contributed by atoms with Crippen LogP contribution in [0.25, 0.3) is 124 Å². The van der Waals surface area contributed by atoms with Gasteiger partial charge in [-0.15, -0.1) is 11.3 Å². The van der Waals surface area contributed by atoms with E-state index >= 15 is 0 Å². The van der Waals surface area contributed by atoms with Gasteiger partial charge in [0.05, 0.1) is 34.0 Å². The largest absolute Gasteiger partial charge is 0.422 e. The number of nitrogens with zero attached hydrogens (tertiary/aromatic N) is 3. The van der Waals surface area contributed by atoms with E-state index in [1.54, 1.807) is 6.07 Å². The van der Waals surface area contributed by atoms with Crippen LogP contribution in [-0.2, 0) is 0 Å². The summed E-state index contributed by atoms with van der Waals surface area (Å²) in [5, 5.41) is 3.57. The third-order valence-electron chi connectivity index (χ3n) is 11.8. The lowest BCUT2D eigenvalue weighted by Crippen LogP contribution is -2.02. The summed E-state index contributed by atoms with van der Waals surface area (Å²) in [5.41, 5.74) is 17.4. The molecule has 0 fully saturated rings. The summed E-state index contributed by atoms with van der Waals surface area (Å²) in [7, 11) is 0. The van der Waals surface area contributed by atoms with Crippen LogP contribution in [0, 0.1) is 0 Å². The van der Waals surface area contributed by atoms with Crippen LogP contribution >= 0.6 is 11.3 Å². The minimum atomic E-state index is -0.406. The second kappa shape index (κ2) is 15.5. The van der Waals surface area contributed by atoms with Crippen molar-refractivity contribution in [1.82, 2.24) is 24.9 Å². The zero-order valence-electron chi connectivity index (χ0n) is 34.1. The third-order valence-corrected chi connectivity index (χ3v) is 12.7. The molecule has 8 heteroatoms. The van der Waals surface area contributed by atoms with Crippen LogP contribution in [0.3, 0.4) is 0 Å². The molecule has 10 aromatic rings. The number of hydrogen-bond acceptors (Lipinski definition) is 6. The first-order valence-corrected chi connectivity index (χ1v) is 21.9. The minimum Gasteiger partial charge on any atom is -0.422 e. The van der Waals surface area contributed by atoms with Crippen molar-refractivity contribution in [2.45, 2.75) is 0 Å². The van der Waals surface area contributed by atoms with E-state index in [0.717, 1.165) is 105 Å². The maximum Gasteiger partial charge on any atom is 0.345 e. The maximum atomic E-state index is 13.0. The molecule has 0 saturated heterocycles. The molecule has 2 aliphatic rings. The first-order chi connectivity index (χ1) is 31.6. The van der Waals surface area contributed by atoms with Gasteiger partial charge in [-0.25, -0.2) is 19.7 Å². The minimum absolute atomic E-state index is 0.406. The van der Waals surface area contributed by atoms with Crippen molar-refractivity contribution in [1.29, 1.82) is 0 Å². The van der Waals surface area contributed by atoms with Gasteiger partial charge in [0.15, 0.2) is 0 Å². The van der Waals surface area contributed by atoms with Gasteiger partial charge in [0.2, 0.25) is 0 Å². The van der Waals surface area contributed by atoms with E-state index in [1.807, 2.05) is 47.8 Å².